The highest BCUT2D eigenvalue weighted by Crippen LogP contribution is 2.70. The highest BCUT2D eigenvalue weighted by Gasteiger charge is 2.67. The van der Waals surface area contributed by atoms with Crippen LogP contribution in [0.25, 0.3) is 16.7 Å². The number of pyridine rings is 2. The number of ketones is 1. The molecule has 2 heterocycles. The first-order valence-corrected chi connectivity index (χ1v) is 13.5. The van der Waals surface area contributed by atoms with Crippen LogP contribution in [-0.4, -0.2) is 35.6 Å². The fourth-order valence-corrected chi connectivity index (χ4v) is 8.19. The van der Waals surface area contributed by atoms with Gasteiger partial charge in [-0.25, -0.2) is 9.37 Å². The molecule has 3 aromatic rings. The summed E-state index contributed by atoms with van der Waals surface area (Å²) in [5.74, 6) is -0.585. The topological polar surface area (TPSA) is 55.2 Å². The van der Waals surface area contributed by atoms with Gasteiger partial charge in [0.05, 0.1) is 27.1 Å². The van der Waals surface area contributed by atoms with Crippen LogP contribution in [0.15, 0.2) is 41.3 Å². The van der Waals surface area contributed by atoms with Gasteiger partial charge >= 0.3 is 6.18 Å². The molecule has 0 amide bonds. The minimum Gasteiger partial charge on any atom is -0.363 e. The summed E-state index contributed by atoms with van der Waals surface area (Å²) in [6.45, 7) is 0. The third kappa shape index (κ3) is 4.24. The molecule has 1 aromatic carbocycles. The van der Waals surface area contributed by atoms with E-state index >= 15 is 0 Å². The van der Waals surface area contributed by atoms with Crippen molar-refractivity contribution < 1.29 is 22.4 Å². The van der Waals surface area contributed by atoms with Crippen LogP contribution < -0.4 is 10.3 Å². The standard InChI is InChI=1S/C29H28ClF4N3O2/c1-36(2)24-6-4-19-25(39)20(14-37(26(19)35-24)22-5-3-18(31)8-21(22)30)23(38)13-27-9-16-7-17(10-27)12-28(11-16,15-27)29(32,33)34/h3-6,8,14,16-17H,7,9-13,15H2,1-2H3. The first-order valence-electron chi connectivity index (χ1n) is 13.1. The molecule has 0 radical (unpaired) electrons. The van der Waals surface area contributed by atoms with Crippen molar-refractivity contribution in [3.05, 3.63) is 63.2 Å². The van der Waals surface area contributed by atoms with Crippen molar-refractivity contribution in [3.8, 4) is 5.69 Å². The number of hydrogen-bond donors (Lipinski definition) is 0. The van der Waals surface area contributed by atoms with Crippen LogP contribution in [0.1, 0.15) is 55.3 Å². The van der Waals surface area contributed by atoms with E-state index < -0.39 is 34.0 Å². The number of carbonyl (C=O) groups excluding carboxylic acids is 1. The molecule has 2 aromatic heterocycles. The largest absolute Gasteiger partial charge is 0.394 e. The SMILES string of the molecule is CN(C)c1ccc2c(=O)c(C(=O)CC34CC5CC(C3)CC(C(F)(F)F)(C5)C4)cn(-c3ccc(F)cc3Cl)c2n1. The third-order valence-electron chi connectivity index (χ3n) is 9.08. The van der Waals surface area contributed by atoms with Crippen molar-refractivity contribution in [1.82, 2.24) is 9.55 Å². The molecule has 206 valence electrons. The van der Waals surface area contributed by atoms with Crippen molar-refractivity contribution >= 4 is 34.2 Å². The summed E-state index contributed by atoms with van der Waals surface area (Å²) in [6, 6.07) is 7.01. The van der Waals surface area contributed by atoms with E-state index in [1.165, 1.54) is 22.9 Å². The van der Waals surface area contributed by atoms with Crippen LogP contribution in [-0.2, 0) is 0 Å². The van der Waals surface area contributed by atoms with Gasteiger partial charge in [-0.05, 0) is 86.1 Å². The zero-order chi connectivity index (χ0) is 27.9. The molecule has 39 heavy (non-hydrogen) atoms. The number of benzene rings is 1. The number of fused-ring (bicyclic) bond motifs is 1. The van der Waals surface area contributed by atoms with E-state index in [1.54, 1.807) is 31.1 Å². The Labute approximate surface area is 227 Å². The summed E-state index contributed by atoms with van der Waals surface area (Å²) >= 11 is 6.37. The maximum Gasteiger partial charge on any atom is 0.394 e. The Balaban J connectivity index is 1.46. The van der Waals surface area contributed by atoms with Crippen LogP contribution in [0.4, 0.5) is 23.4 Å². The van der Waals surface area contributed by atoms with Crippen LogP contribution in [0.2, 0.25) is 5.02 Å². The highest BCUT2D eigenvalue weighted by atomic mass is 35.5. The zero-order valence-corrected chi connectivity index (χ0v) is 22.4. The van der Waals surface area contributed by atoms with Crippen LogP contribution >= 0.6 is 11.6 Å². The molecule has 0 spiro atoms. The molecule has 4 fully saturated rings. The normalized spacial score (nSPS) is 27.8. The number of aromatic nitrogens is 2. The lowest BCUT2D eigenvalue weighted by atomic mass is 9.43. The molecule has 0 saturated heterocycles. The molecule has 4 saturated carbocycles. The fourth-order valence-electron chi connectivity index (χ4n) is 7.93. The predicted octanol–water partition coefficient (Wildman–Crippen LogP) is 6.97. The minimum atomic E-state index is -4.32. The fraction of sp³-hybridized carbons (Fsp3) is 0.483. The summed E-state index contributed by atoms with van der Waals surface area (Å²) < 4.78 is 58.2. The second-order valence-electron chi connectivity index (χ2n) is 12.1. The molecular weight excluding hydrogens is 534 g/mol. The first kappa shape index (κ1) is 26.3. The molecule has 0 aliphatic heterocycles. The number of alkyl halides is 3. The smallest absolute Gasteiger partial charge is 0.363 e. The van der Waals surface area contributed by atoms with Gasteiger partial charge in [-0.3, -0.25) is 14.2 Å². The van der Waals surface area contributed by atoms with E-state index in [1.807, 2.05) is 0 Å². The van der Waals surface area contributed by atoms with E-state index in [2.05, 4.69) is 4.98 Å². The van der Waals surface area contributed by atoms with Crippen molar-refractivity contribution in [1.29, 1.82) is 0 Å². The predicted molar refractivity (Wildman–Crippen MR) is 141 cm³/mol. The van der Waals surface area contributed by atoms with Gasteiger partial charge in [0.2, 0.25) is 5.43 Å². The Kier molecular flexibility index (Phi) is 5.92. The van der Waals surface area contributed by atoms with Gasteiger partial charge in [-0.1, -0.05) is 11.6 Å². The van der Waals surface area contributed by atoms with Crippen molar-refractivity contribution in [3.63, 3.8) is 0 Å². The van der Waals surface area contributed by atoms with E-state index in [9.17, 15) is 27.2 Å². The lowest BCUT2D eigenvalue weighted by Crippen LogP contribution is -2.57. The van der Waals surface area contributed by atoms with E-state index in [0.717, 1.165) is 12.5 Å². The van der Waals surface area contributed by atoms with Crippen LogP contribution in [0.3, 0.4) is 0 Å². The highest BCUT2D eigenvalue weighted by molar-refractivity contribution is 6.32. The van der Waals surface area contributed by atoms with Crippen LogP contribution in [0.5, 0.6) is 0 Å². The summed E-state index contributed by atoms with van der Waals surface area (Å²) in [6.07, 6.45) is -0.940. The number of carbonyl (C=O) groups is 1. The Morgan fingerprint density at radius 2 is 1.82 bits per heavy atom. The average Bonchev–Trinajstić information content (AvgIpc) is 2.82. The maximum absolute atomic E-state index is 14.3. The summed E-state index contributed by atoms with van der Waals surface area (Å²) in [7, 11) is 3.58. The van der Waals surface area contributed by atoms with Crippen LogP contribution in [0, 0.1) is 28.5 Å². The van der Waals surface area contributed by atoms with Crippen molar-refractivity contribution in [2.24, 2.45) is 22.7 Å². The van der Waals surface area contributed by atoms with E-state index in [0.29, 0.717) is 24.3 Å². The maximum atomic E-state index is 14.3. The van der Waals surface area contributed by atoms with Gasteiger partial charge in [0.15, 0.2) is 11.4 Å². The van der Waals surface area contributed by atoms with Gasteiger partial charge in [0.1, 0.15) is 11.6 Å². The Bertz CT molecular complexity index is 1550. The van der Waals surface area contributed by atoms with Gasteiger partial charge in [-0.2, -0.15) is 13.2 Å². The van der Waals surface area contributed by atoms with Gasteiger partial charge < -0.3 is 4.90 Å². The first-order chi connectivity index (χ1) is 18.3. The van der Waals surface area contributed by atoms with Gasteiger partial charge in [0.25, 0.3) is 0 Å². The second-order valence-corrected chi connectivity index (χ2v) is 12.5. The monoisotopic (exact) mass is 561 g/mol. The van der Waals surface area contributed by atoms with Crippen molar-refractivity contribution in [2.45, 2.75) is 51.1 Å². The molecule has 7 rings (SSSR count). The average molecular weight is 562 g/mol. The molecule has 4 aliphatic carbocycles. The molecule has 2 atom stereocenters. The number of rotatable bonds is 5. The summed E-state index contributed by atoms with van der Waals surface area (Å²) in [5, 5.41) is 0.229. The Hall–Kier alpha value is -2.94. The lowest BCUT2D eigenvalue weighted by Gasteiger charge is -2.62. The number of nitrogens with zero attached hydrogens (tertiary/aromatic N) is 3. The van der Waals surface area contributed by atoms with Crippen molar-refractivity contribution in [2.75, 3.05) is 19.0 Å². The third-order valence-corrected chi connectivity index (χ3v) is 9.39. The number of anilines is 1. The Morgan fingerprint density at radius 1 is 1.13 bits per heavy atom. The van der Waals surface area contributed by atoms with E-state index in [4.69, 9.17) is 11.6 Å². The molecule has 5 nitrogen and oxygen atoms in total. The molecular formula is C29H28ClF4N3O2. The number of halogens is 5. The lowest BCUT2D eigenvalue weighted by molar-refractivity contribution is -0.286. The molecule has 10 heteroatoms. The molecule has 2 unspecified atom stereocenters. The molecule has 0 N–H and O–H groups in total. The number of hydrogen-bond acceptors (Lipinski definition) is 4. The number of Topliss-reactive ketones (excluding diaryl/α,β-unsaturated/α-hetero) is 1. The minimum absolute atomic E-state index is 0.0550. The zero-order valence-electron chi connectivity index (χ0n) is 21.6. The summed E-state index contributed by atoms with van der Waals surface area (Å²) in [5.41, 5.74) is -2.61. The molecule has 4 aliphatic rings. The van der Waals surface area contributed by atoms with Gasteiger partial charge in [0, 0.05) is 26.7 Å². The quantitative estimate of drug-likeness (QED) is 0.249. The van der Waals surface area contributed by atoms with Gasteiger partial charge in [-0.15, -0.1) is 0 Å². The second kappa shape index (κ2) is 8.78. The Morgan fingerprint density at radius 3 is 2.44 bits per heavy atom. The molecule has 4 bridgehead atoms. The van der Waals surface area contributed by atoms with E-state index in [-0.39, 0.29) is 59.1 Å². The summed E-state index contributed by atoms with van der Waals surface area (Å²) in [4.78, 5) is 33.8.